The van der Waals surface area contributed by atoms with Gasteiger partial charge in [-0.2, -0.15) is 5.10 Å². The highest BCUT2D eigenvalue weighted by Gasteiger charge is 2.14. The van der Waals surface area contributed by atoms with Crippen molar-refractivity contribution in [3.8, 4) is 17.0 Å². The highest BCUT2D eigenvalue weighted by Crippen LogP contribution is 2.22. The third-order valence-corrected chi connectivity index (χ3v) is 5.81. The minimum Gasteiger partial charge on any atom is -0.494 e. The number of aryl methyl sites for hydroxylation is 2. The van der Waals surface area contributed by atoms with Gasteiger partial charge in [0.25, 0.3) is 0 Å². The molecule has 0 aliphatic rings. The third-order valence-electron chi connectivity index (χ3n) is 5.81. The Morgan fingerprint density at radius 2 is 1.79 bits per heavy atom. The molecule has 0 saturated heterocycles. The first-order valence-electron chi connectivity index (χ1n) is 11.4. The Morgan fingerprint density at radius 3 is 2.52 bits per heavy atom. The molecule has 33 heavy (non-hydrogen) atoms. The maximum absolute atomic E-state index is 12.4. The maximum Gasteiger partial charge on any atom is 0.220 e. The number of ether oxygens (including phenoxy) is 1. The first kappa shape index (κ1) is 22.5. The van der Waals surface area contributed by atoms with Gasteiger partial charge in [0.15, 0.2) is 5.65 Å². The van der Waals surface area contributed by atoms with Crippen LogP contribution in [-0.2, 0) is 17.6 Å². The molecule has 4 rings (SSSR count). The fourth-order valence-electron chi connectivity index (χ4n) is 4.03. The van der Waals surface area contributed by atoms with Crippen molar-refractivity contribution in [1.82, 2.24) is 19.9 Å². The molecule has 1 amide bonds. The molecule has 0 bridgehead atoms. The zero-order valence-electron chi connectivity index (χ0n) is 19.5. The van der Waals surface area contributed by atoms with Gasteiger partial charge in [-0.15, -0.1) is 0 Å². The Balaban J connectivity index is 1.35. The van der Waals surface area contributed by atoms with E-state index < -0.39 is 0 Å². The summed E-state index contributed by atoms with van der Waals surface area (Å²) in [5.41, 5.74) is 7.01. The van der Waals surface area contributed by atoms with E-state index in [0.29, 0.717) is 26.0 Å². The SMILES string of the molecule is CCOc1ccc(CCNC(=O)CCc2c(C)nc3cc(-c4ccccc4)nn3c2C)cc1. The average molecular weight is 443 g/mol. The molecule has 0 fully saturated rings. The Kier molecular flexibility index (Phi) is 7.03. The van der Waals surface area contributed by atoms with Crippen LogP contribution in [0.3, 0.4) is 0 Å². The second-order valence-electron chi connectivity index (χ2n) is 8.10. The van der Waals surface area contributed by atoms with Crippen LogP contribution in [0.4, 0.5) is 0 Å². The van der Waals surface area contributed by atoms with Gasteiger partial charge in [0.1, 0.15) is 5.75 Å². The van der Waals surface area contributed by atoms with Crippen LogP contribution in [0.2, 0.25) is 0 Å². The lowest BCUT2D eigenvalue weighted by Gasteiger charge is -2.11. The number of benzene rings is 2. The Labute approximate surface area is 194 Å². The molecule has 2 heterocycles. The molecule has 4 aromatic rings. The highest BCUT2D eigenvalue weighted by atomic mass is 16.5. The molecular formula is C27H30N4O2. The lowest BCUT2D eigenvalue weighted by Crippen LogP contribution is -2.26. The van der Waals surface area contributed by atoms with Gasteiger partial charge < -0.3 is 10.1 Å². The topological polar surface area (TPSA) is 68.5 Å². The molecule has 2 aromatic carbocycles. The predicted molar refractivity (Wildman–Crippen MR) is 131 cm³/mol. The molecule has 6 nitrogen and oxygen atoms in total. The summed E-state index contributed by atoms with van der Waals surface area (Å²) in [6.45, 7) is 7.29. The number of amides is 1. The smallest absolute Gasteiger partial charge is 0.220 e. The molecule has 0 spiro atoms. The van der Waals surface area contributed by atoms with E-state index in [1.807, 2.05) is 86.0 Å². The van der Waals surface area contributed by atoms with Gasteiger partial charge in [0.2, 0.25) is 5.91 Å². The van der Waals surface area contributed by atoms with Gasteiger partial charge in [0, 0.05) is 36.0 Å². The van der Waals surface area contributed by atoms with Crippen LogP contribution in [0.1, 0.15) is 35.9 Å². The van der Waals surface area contributed by atoms with Gasteiger partial charge >= 0.3 is 0 Å². The fourth-order valence-corrected chi connectivity index (χ4v) is 4.03. The normalized spacial score (nSPS) is 11.0. The summed E-state index contributed by atoms with van der Waals surface area (Å²) in [6.07, 6.45) is 1.85. The zero-order chi connectivity index (χ0) is 23.2. The number of fused-ring (bicyclic) bond motifs is 1. The lowest BCUT2D eigenvalue weighted by molar-refractivity contribution is -0.121. The molecule has 0 unspecified atom stereocenters. The van der Waals surface area contributed by atoms with Gasteiger partial charge in [-0.25, -0.2) is 9.50 Å². The average Bonchev–Trinajstić information content (AvgIpc) is 3.25. The minimum atomic E-state index is 0.0465. The Hall–Kier alpha value is -3.67. The van der Waals surface area contributed by atoms with Crippen molar-refractivity contribution in [1.29, 1.82) is 0 Å². The number of carbonyl (C=O) groups is 1. The van der Waals surface area contributed by atoms with Crippen LogP contribution in [0.5, 0.6) is 5.75 Å². The summed E-state index contributed by atoms with van der Waals surface area (Å²) in [4.78, 5) is 17.2. The summed E-state index contributed by atoms with van der Waals surface area (Å²) in [6, 6.07) is 20.1. The van der Waals surface area contributed by atoms with Gasteiger partial charge in [0.05, 0.1) is 12.3 Å². The van der Waals surface area contributed by atoms with Crippen molar-refractivity contribution >= 4 is 11.6 Å². The molecule has 0 saturated carbocycles. The van der Waals surface area contributed by atoms with Crippen LogP contribution in [0, 0.1) is 13.8 Å². The lowest BCUT2D eigenvalue weighted by atomic mass is 10.1. The van der Waals surface area contributed by atoms with E-state index in [-0.39, 0.29) is 5.91 Å². The fraction of sp³-hybridized carbons (Fsp3) is 0.296. The van der Waals surface area contributed by atoms with E-state index in [4.69, 9.17) is 14.8 Å². The molecule has 2 aromatic heterocycles. The molecule has 6 heteroatoms. The van der Waals surface area contributed by atoms with E-state index in [2.05, 4.69) is 5.32 Å². The van der Waals surface area contributed by atoms with Crippen LogP contribution in [-0.4, -0.2) is 33.7 Å². The van der Waals surface area contributed by atoms with E-state index in [9.17, 15) is 4.79 Å². The number of rotatable bonds is 9. The Bertz CT molecular complexity index is 1230. The number of aromatic nitrogens is 3. The summed E-state index contributed by atoms with van der Waals surface area (Å²) in [5.74, 6) is 0.917. The number of carbonyl (C=O) groups excluding carboxylic acids is 1. The largest absolute Gasteiger partial charge is 0.494 e. The maximum atomic E-state index is 12.4. The second-order valence-corrected chi connectivity index (χ2v) is 8.10. The molecule has 0 aliphatic carbocycles. The minimum absolute atomic E-state index is 0.0465. The molecule has 0 aliphatic heterocycles. The van der Waals surface area contributed by atoms with Gasteiger partial charge in [-0.3, -0.25) is 4.79 Å². The van der Waals surface area contributed by atoms with Crippen molar-refractivity contribution in [2.45, 2.75) is 40.0 Å². The van der Waals surface area contributed by atoms with Crippen molar-refractivity contribution in [3.05, 3.63) is 83.2 Å². The summed E-state index contributed by atoms with van der Waals surface area (Å²) >= 11 is 0. The predicted octanol–water partition coefficient (Wildman–Crippen LogP) is 4.70. The zero-order valence-corrected chi connectivity index (χ0v) is 19.5. The molecule has 0 radical (unpaired) electrons. The van der Waals surface area contributed by atoms with Crippen molar-refractivity contribution in [3.63, 3.8) is 0 Å². The van der Waals surface area contributed by atoms with Gasteiger partial charge in [-0.05, 0) is 56.9 Å². The molecular weight excluding hydrogens is 412 g/mol. The summed E-state index contributed by atoms with van der Waals surface area (Å²) in [5, 5.41) is 7.79. The van der Waals surface area contributed by atoms with Gasteiger partial charge in [-0.1, -0.05) is 42.5 Å². The van der Waals surface area contributed by atoms with Crippen LogP contribution in [0.15, 0.2) is 60.7 Å². The quantitative estimate of drug-likeness (QED) is 0.408. The van der Waals surface area contributed by atoms with E-state index in [0.717, 1.165) is 46.0 Å². The van der Waals surface area contributed by atoms with Crippen LogP contribution in [0.25, 0.3) is 16.9 Å². The van der Waals surface area contributed by atoms with Crippen LogP contribution >= 0.6 is 0 Å². The highest BCUT2D eigenvalue weighted by molar-refractivity contribution is 5.76. The standard InChI is InChI=1S/C27H30N4O2/c1-4-33-23-12-10-21(11-13-23)16-17-28-27(32)15-14-24-19(2)29-26-18-25(30-31(26)20(24)3)22-8-6-5-7-9-22/h5-13,18H,4,14-17H2,1-3H3,(H,28,32). The molecule has 1 N–H and O–H groups in total. The monoisotopic (exact) mass is 442 g/mol. The molecule has 0 atom stereocenters. The van der Waals surface area contributed by atoms with E-state index in [1.54, 1.807) is 0 Å². The first-order chi connectivity index (χ1) is 16.0. The number of nitrogens with zero attached hydrogens (tertiary/aromatic N) is 3. The van der Waals surface area contributed by atoms with Crippen molar-refractivity contribution < 1.29 is 9.53 Å². The Morgan fingerprint density at radius 1 is 1.03 bits per heavy atom. The summed E-state index contributed by atoms with van der Waals surface area (Å²) in [7, 11) is 0. The summed E-state index contributed by atoms with van der Waals surface area (Å²) < 4.78 is 7.35. The van der Waals surface area contributed by atoms with Crippen LogP contribution < -0.4 is 10.1 Å². The molecule has 170 valence electrons. The number of nitrogens with one attached hydrogen (secondary N) is 1. The van der Waals surface area contributed by atoms with E-state index in [1.165, 1.54) is 5.56 Å². The van der Waals surface area contributed by atoms with E-state index >= 15 is 0 Å². The van der Waals surface area contributed by atoms with Crippen molar-refractivity contribution in [2.75, 3.05) is 13.2 Å². The second kappa shape index (κ2) is 10.3. The van der Waals surface area contributed by atoms with Crippen molar-refractivity contribution in [2.24, 2.45) is 0 Å². The third kappa shape index (κ3) is 5.40. The number of hydrogen-bond acceptors (Lipinski definition) is 4. The number of hydrogen-bond donors (Lipinski definition) is 1. The first-order valence-corrected chi connectivity index (χ1v) is 11.4.